The number of aromatic amines is 1. The van der Waals surface area contributed by atoms with Gasteiger partial charge >= 0.3 is 26.3 Å². The van der Waals surface area contributed by atoms with Gasteiger partial charge in [0, 0.05) is 69.8 Å². The van der Waals surface area contributed by atoms with E-state index in [1.54, 1.807) is 13.8 Å². The summed E-state index contributed by atoms with van der Waals surface area (Å²) in [7, 11) is -4.28. The van der Waals surface area contributed by atoms with Crippen LogP contribution in [0.5, 0.6) is 0 Å². The molecule has 30 nitrogen and oxygen atoms in total. The number of H-pyrrole nitrogens is 1. The number of ether oxygens (including phenoxy) is 2. The summed E-state index contributed by atoms with van der Waals surface area (Å²) in [5.74, 6) is -3.47. The van der Waals surface area contributed by atoms with E-state index in [2.05, 4.69) is 36.2 Å². The number of amides is 7. The molecule has 6 rings (SSSR count). The van der Waals surface area contributed by atoms with Gasteiger partial charge in [-0.1, -0.05) is 13.8 Å². The maximum atomic E-state index is 16.6. The van der Waals surface area contributed by atoms with Crippen molar-refractivity contribution < 1.29 is 79.1 Å². The number of nitrogens with two attached hydrogens (primary N) is 2. The van der Waals surface area contributed by atoms with Crippen LogP contribution in [-0.2, 0) is 60.7 Å². The van der Waals surface area contributed by atoms with Crippen molar-refractivity contribution in [3.05, 3.63) is 57.9 Å². The van der Waals surface area contributed by atoms with Gasteiger partial charge in [-0.05, 0) is 43.0 Å². The summed E-state index contributed by atoms with van der Waals surface area (Å²) in [6.07, 6.45) is -6.43. The van der Waals surface area contributed by atoms with Crippen LogP contribution in [0.15, 0.2) is 46.7 Å². The highest BCUT2D eigenvalue weighted by Gasteiger charge is 2.52. The molecular weight excluding hydrogens is 1090 g/mol. The third kappa shape index (κ3) is 16.3. The zero-order valence-corrected chi connectivity index (χ0v) is 44.2. The number of imidazole rings is 1. The number of rotatable bonds is 29. The number of phosphoric ester groups is 1. The van der Waals surface area contributed by atoms with Gasteiger partial charge in [-0.15, -0.1) is 0 Å². The smallest absolute Gasteiger partial charge is 0.382 e. The Morgan fingerprint density at radius 1 is 0.948 bits per heavy atom. The van der Waals surface area contributed by atoms with Gasteiger partial charge in [0.2, 0.25) is 17.7 Å². The molecule has 3 aromatic heterocycles. The lowest BCUT2D eigenvalue weighted by molar-refractivity contribution is -0.137. The van der Waals surface area contributed by atoms with Gasteiger partial charge in [-0.3, -0.25) is 61.4 Å². The third-order valence-corrected chi connectivity index (χ3v) is 16.8. The molecule has 3 aliphatic rings. The molecule has 2 saturated heterocycles. The number of carbonyl (C=O) groups excluding carboxylic acids is 6. The second-order valence-electron chi connectivity index (χ2n) is 17.8. The largest absolute Gasteiger partial charge is 0.472 e. The predicted molar refractivity (Wildman–Crippen MR) is 265 cm³/mol. The molecule has 35 heteroatoms. The van der Waals surface area contributed by atoms with Gasteiger partial charge < -0.3 is 51.6 Å². The Kier molecular flexibility index (Phi) is 21.1. The number of anilines is 1. The van der Waals surface area contributed by atoms with Gasteiger partial charge in [-0.2, -0.15) is 0 Å². The summed E-state index contributed by atoms with van der Waals surface area (Å²) in [6, 6.07) is -2.16. The number of unbranched alkanes of at least 4 members (excludes halogenated alkanes) is 1. The summed E-state index contributed by atoms with van der Waals surface area (Å²) in [5, 5.41) is 10.3. The minimum absolute atomic E-state index is 0.00489. The molecule has 10 N–H and O–H groups in total. The van der Waals surface area contributed by atoms with Crippen LogP contribution in [0.3, 0.4) is 0 Å². The van der Waals surface area contributed by atoms with Crippen molar-refractivity contribution in [2.45, 2.75) is 108 Å². The topological polar surface area (TPSA) is 414 Å². The second kappa shape index (κ2) is 27.0. The molecule has 0 aliphatic carbocycles. The van der Waals surface area contributed by atoms with E-state index < -0.39 is 142 Å². The van der Waals surface area contributed by atoms with E-state index in [1.165, 1.54) is 0 Å². The summed E-state index contributed by atoms with van der Waals surface area (Å²) in [6.45, 7) is -2.56. The molecule has 77 heavy (non-hydrogen) atoms. The van der Waals surface area contributed by atoms with E-state index in [9.17, 15) is 52.4 Å². The van der Waals surface area contributed by atoms with E-state index in [0.717, 1.165) is 58.2 Å². The standard InChI is InChI=1S/C42H59F2N13O17P2S/c1-22(2)32(53-27(58)8-4-5-14-55-29(60)9-10-30(55)61)38(63)52-25(7-6-12-48-41(46)64)37(62)47-13-16-77-76(68,69-3)71-19-26-34(31(44)40(73-26)57-21-51-33-35(45)49-20-50-36(33)57)74-75(66,67)70-18-23-17-24(43)39(72-23)56-15-11-28(59)54-42(56)65/h9-11,15,20-26,31-32,34,39-40H,4-8,12-14,16-19H2,1-3H3,(H,47,62)(H,52,63)(H,53,58)(H,66,67)(H2,45,49,50)(H3,46,48,64)(H,54,59,65)/t23-,24+,25?,26+,31+,32?,34+,39+,40+,76?/m0/s1. The first-order valence-corrected chi connectivity index (χ1v) is 28.5. The minimum atomic E-state index is -5.32. The molecule has 0 bridgehead atoms. The number of phosphoric acid groups is 1. The first-order valence-electron chi connectivity index (χ1n) is 23.9. The average molecular weight is 1150 g/mol. The monoisotopic (exact) mass is 1150 g/mol. The molecule has 0 radical (unpaired) electrons. The number of halogens is 2. The molecule has 7 amide bonds. The Hall–Kier alpha value is -6.02. The molecule has 4 unspecified atom stereocenters. The first-order chi connectivity index (χ1) is 36.5. The maximum absolute atomic E-state index is 16.6. The fourth-order valence-electron chi connectivity index (χ4n) is 8.07. The number of urea groups is 1. The number of nitrogens with zero attached hydrogens (tertiary/aromatic N) is 6. The van der Waals surface area contributed by atoms with Gasteiger partial charge in [-0.25, -0.2) is 42.5 Å². The van der Waals surface area contributed by atoms with E-state index >= 15 is 8.78 Å². The molecule has 0 saturated carbocycles. The molecule has 0 aromatic carbocycles. The molecule has 6 heterocycles. The Labute approximate surface area is 440 Å². The Balaban J connectivity index is 1.05. The van der Waals surface area contributed by atoms with Crippen molar-refractivity contribution in [2.75, 3.05) is 51.4 Å². The SMILES string of the molecule is COP(=O)(OC[C@H]1O[C@@H](n2cnc3c(N)ncnc32)[C@H](F)[C@@H]1OP(=O)(O)OC[C@@H]1C[C@@H](F)[C@H](n2ccc(=O)[nH]c2=O)O1)SCCNC(=O)C(CCCNC(N)=O)NC(=O)C(NC(=O)CCCCN1C(=O)C=CC1=O)C(C)C. The highest BCUT2D eigenvalue weighted by atomic mass is 32.7. The van der Waals surface area contributed by atoms with Crippen molar-refractivity contribution in [3.63, 3.8) is 0 Å². The molecule has 3 aliphatic heterocycles. The number of nitrogen functional groups attached to an aromatic ring is 1. The van der Waals surface area contributed by atoms with Crippen LogP contribution in [0.4, 0.5) is 19.4 Å². The van der Waals surface area contributed by atoms with Crippen molar-refractivity contribution in [1.82, 2.24) is 55.2 Å². The number of primary amides is 1. The summed E-state index contributed by atoms with van der Waals surface area (Å²) in [4.78, 5) is 125. The molecule has 11 atom stereocenters. The number of hydrogen-bond donors (Lipinski definition) is 8. The number of alkyl halides is 2. The van der Waals surface area contributed by atoms with Crippen LogP contribution >= 0.6 is 26.0 Å². The Morgan fingerprint density at radius 2 is 1.69 bits per heavy atom. The Bertz CT molecular complexity index is 2860. The number of carbonyl (C=O) groups is 6. The van der Waals surface area contributed by atoms with Crippen LogP contribution < -0.4 is 44.0 Å². The van der Waals surface area contributed by atoms with E-state index in [1.807, 2.05) is 4.98 Å². The number of fused-ring (bicyclic) bond motifs is 1. The lowest BCUT2D eigenvalue weighted by Crippen LogP contribution is -2.55. The van der Waals surface area contributed by atoms with Crippen LogP contribution in [-0.4, -0.2) is 163 Å². The number of imide groups is 1. The van der Waals surface area contributed by atoms with Crippen molar-refractivity contribution in [2.24, 2.45) is 11.7 Å². The third-order valence-electron chi connectivity index (χ3n) is 11.9. The van der Waals surface area contributed by atoms with Crippen molar-refractivity contribution in [3.8, 4) is 0 Å². The maximum Gasteiger partial charge on any atom is 0.472 e. The van der Waals surface area contributed by atoms with Gasteiger partial charge in [0.1, 0.15) is 42.3 Å². The van der Waals surface area contributed by atoms with Crippen LogP contribution in [0.2, 0.25) is 0 Å². The van der Waals surface area contributed by atoms with Crippen molar-refractivity contribution in [1.29, 1.82) is 0 Å². The summed E-state index contributed by atoms with van der Waals surface area (Å²) < 4.78 is 93.5. The number of hydrogen-bond acceptors (Lipinski definition) is 21. The quantitative estimate of drug-likeness (QED) is 0.0260. The molecule has 3 aromatic rings. The van der Waals surface area contributed by atoms with Crippen LogP contribution in [0.1, 0.15) is 64.8 Å². The molecule has 2 fully saturated rings. The van der Waals surface area contributed by atoms with E-state index in [4.69, 9.17) is 39.0 Å². The van der Waals surface area contributed by atoms with E-state index in [-0.39, 0.29) is 61.6 Å². The highest BCUT2D eigenvalue weighted by molar-refractivity contribution is 8.55. The minimum Gasteiger partial charge on any atom is -0.382 e. The Morgan fingerprint density at radius 3 is 2.38 bits per heavy atom. The fraction of sp³-hybridized carbons (Fsp3) is 0.595. The first kappa shape index (κ1) is 60.2. The van der Waals surface area contributed by atoms with Gasteiger partial charge in [0.05, 0.1) is 25.6 Å². The van der Waals surface area contributed by atoms with E-state index in [0.29, 0.717) is 24.2 Å². The summed E-state index contributed by atoms with van der Waals surface area (Å²) >= 11 is 0.583. The number of aromatic nitrogens is 6. The molecule has 424 valence electrons. The van der Waals surface area contributed by atoms with Crippen LogP contribution in [0.25, 0.3) is 11.2 Å². The normalized spacial score (nSPS) is 23.7. The average Bonchev–Trinajstić information content (AvgIpc) is 4.15. The lowest BCUT2D eigenvalue weighted by Gasteiger charge is -2.25. The molecule has 0 spiro atoms. The predicted octanol–water partition coefficient (Wildman–Crippen LogP) is 0.112. The van der Waals surface area contributed by atoms with Crippen molar-refractivity contribution >= 4 is 78.6 Å². The zero-order valence-electron chi connectivity index (χ0n) is 41.6. The van der Waals surface area contributed by atoms with Gasteiger partial charge in [0.25, 0.3) is 17.4 Å². The fourth-order valence-corrected chi connectivity index (χ4v) is 11.7. The molecular formula is C42H59F2N13O17P2S. The van der Waals surface area contributed by atoms with Gasteiger partial charge in [0.15, 0.2) is 30.1 Å². The van der Waals surface area contributed by atoms with Crippen LogP contribution in [0, 0.1) is 5.92 Å². The summed E-state index contributed by atoms with van der Waals surface area (Å²) in [5.41, 5.74) is 9.43. The second-order valence-corrected chi connectivity index (χ2v) is 23.5. The lowest BCUT2D eigenvalue weighted by atomic mass is 10.0. The highest BCUT2D eigenvalue weighted by Crippen LogP contribution is 2.60. The number of nitrogens with one attached hydrogen (secondary N) is 5. The zero-order chi connectivity index (χ0) is 56.2.